The van der Waals surface area contributed by atoms with Crippen LogP contribution in [0.1, 0.15) is 29.4 Å². The third-order valence-electron chi connectivity index (χ3n) is 4.43. The Kier molecular flexibility index (Phi) is 10.8. The second-order valence-electron chi connectivity index (χ2n) is 6.52. The number of nitrogens with zero attached hydrogens (tertiary/aromatic N) is 4. The van der Waals surface area contributed by atoms with Crippen LogP contribution in [0, 0.1) is 13.8 Å². The largest absolute Gasteiger partial charge is 0.383 e. The van der Waals surface area contributed by atoms with Gasteiger partial charge in [0, 0.05) is 43.5 Å². The zero-order valence-electron chi connectivity index (χ0n) is 17.3. The monoisotopic (exact) mass is 519 g/mol. The molecule has 0 radical (unpaired) electrons. The highest BCUT2D eigenvalue weighted by atomic mass is 127. The summed E-state index contributed by atoms with van der Waals surface area (Å²) in [6.07, 6.45) is 0. The number of rotatable bonds is 8. The van der Waals surface area contributed by atoms with E-state index in [-0.39, 0.29) is 24.0 Å². The Morgan fingerprint density at radius 1 is 1.36 bits per heavy atom. The van der Waals surface area contributed by atoms with Crippen LogP contribution in [-0.2, 0) is 24.4 Å². The van der Waals surface area contributed by atoms with Gasteiger partial charge in [0.15, 0.2) is 5.96 Å². The van der Waals surface area contributed by atoms with Crippen LogP contribution in [0.2, 0.25) is 5.02 Å². The molecule has 28 heavy (non-hydrogen) atoms. The molecule has 0 saturated carbocycles. The topological polar surface area (TPSA) is 54.7 Å². The summed E-state index contributed by atoms with van der Waals surface area (Å²) in [5, 5.41) is 8.72. The lowest BCUT2D eigenvalue weighted by atomic mass is 10.2. The molecule has 0 fully saturated rings. The van der Waals surface area contributed by atoms with Crippen molar-refractivity contribution >= 4 is 41.5 Å². The van der Waals surface area contributed by atoms with Gasteiger partial charge in [0.2, 0.25) is 0 Å². The summed E-state index contributed by atoms with van der Waals surface area (Å²) in [7, 11) is 3.74. The van der Waals surface area contributed by atoms with E-state index in [4.69, 9.17) is 21.3 Å². The van der Waals surface area contributed by atoms with Crippen LogP contribution in [0.15, 0.2) is 29.3 Å². The summed E-state index contributed by atoms with van der Waals surface area (Å²) in [5.41, 5.74) is 4.47. The Morgan fingerprint density at radius 3 is 2.75 bits per heavy atom. The smallest absolute Gasteiger partial charge is 0.194 e. The molecule has 0 aliphatic carbocycles. The second-order valence-corrected chi connectivity index (χ2v) is 6.96. The van der Waals surface area contributed by atoms with Gasteiger partial charge in [-0.15, -0.1) is 24.0 Å². The van der Waals surface area contributed by atoms with Gasteiger partial charge in [-0.2, -0.15) is 5.10 Å². The summed E-state index contributed by atoms with van der Waals surface area (Å²) >= 11 is 6.10. The SMILES string of the molecule is CCNC(=NCc1c(C)nn(CCOC)c1C)N(C)Cc1cccc(Cl)c1.I. The molecule has 0 amide bonds. The van der Waals surface area contributed by atoms with Crippen LogP contribution in [0.4, 0.5) is 0 Å². The highest BCUT2D eigenvalue weighted by Crippen LogP contribution is 2.15. The number of hydrogen-bond donors (Lipinski definition) is 1. The van der Waals surface area contributed by atoms with Crippen molar-refractivity contribution in [3.8, 4) is 0 Å². The average Bonchev–Trinajstić information content (AvgIpc) is 2.90. The van der Waals surface area contributed by atoms with Crippen molar-refractivity contribution in [3.63, 3.8) is 0 Å². The molecular weight excluding hydrogens is 489 g/mol. The molecule has 2 aromatic rings. The van der Waals surface area contributed by atoms with Gasteiger partial charge in [0.05, 0.1) is 25.4 Å². The molecule has 0 saturated heterocycles. The second kappa shape index (κ2) is 12.3. The van der Waals surface area contributed by atoms with Crippen LogP contribution >= 0.6 is 35.6 Å². The predicted molar refractivity (Wildman–Crippen MR) is 127 cm³/mol. The van der Waals surface area contributed by atoms with Gasteiger partial charge >= 0.3 is 0 Å². The maximum Gasteiger partial charge on any atom is 0.194 e. The maximum absolute atomic E-state index is 6.10. The molecular formula is C20H31ClIN5O. The standard InChI is InChI=1S/C20H30ClN5O.HI/c1-6-22-20(25(4)14-17-8-7-9-18(21)12-17)23-13-19-15(2)24-26(16(19)3)10-11-27-5;/h7-9,12H,6,10-11,13-14H2,1-5H3,(H,22,23);1H. The number of methoxy groups -OCH3 is 1. The molecule has 1 aromatic carbocycles. The first kappa shape index (κ1) is 24.7. The third-order valence-corrected chi connectivity index (χ3v) is 4.67. The van der Waals surface area contributed by atoms with Gasteiger partial charge in [-0.3, -0.25) is 4.68 Å². The highest BCUT2D eigenvalue weighted by molar-refractivity contribution is 14.0. The Bertz CT molecular complexity index is 778. The molecule has 1 aromatic heterocycles. The predicted octanol–water partition coefficient (Wildman–Crippen LogP) is 4.02. The number of aromatic nitrogens is 2. The van der Waals surface area contributed by atoms with Crippen LogP contribution < -0.4 is 5.32 Å². The minimum absolute atomic E-state index is 0. The van der Waals surface area contributed by atoms with Crippen LogP contribution in [0.5, 0.6) is 0 Å². The summed E-state index contributed by atoms with van der Waals surface area (Å²) in [4.78, 5) is 6.94. The van der Waals surface area contributed by atoms with E-state index in [2.05, 4.69) is 35.2 Å². The minimum atomic E-state index is 0. The first-order valence-corrected chi connectivity index (χ1v) is 9.59. The lowest BCUT2D eigenvalue weighted by Crippen LogP contribution is -2.38. The Balaban J connectivity index is 0.00000392. The lowest BCUT2D eigenvalue weighted by Gasteiger charge is -2.22. The molecule has 0 atom stereocenters. The molecule has 2 rings (SSSR count). The Labute approximate surface area is 190 Å². The van der Waals surface area contributed by atoms with Crippen LogP contribution in [-0.4, -0.2) is 47.9 Å². The van der Waals surface area contributed by atoms with Gasteiger partial charge in [-0.05, 0) is 38.5 Å². The van der Waals surface area contributed by atoms with E-state index in [1.807, 2.05) is 36.9 Å². The lowest BCUT2D eigenvalue weighted by molar-refractivity contribution is 0.182. The van der Waals surface area contributed by atoms with Crippen LogP contribution in [0.3, 0.4) is 0 Å². The van der Waals surface area contributed by atoms with Crippen molar-refractivity contribution in [2.75, 3.05) is 27.3 Å². The van der Waals surface area contributed by atoms with Crippen molar-refractivity contribution in [3.05, 3.63) is 51.8 Å². The van der Waals surface area contributed by atoms with E-state index >= 15 is 0 Å². The number of aryl methyl sites for hydroxylation is 1. The number of guanidine groups is 1. The Morgan fingerprint density at radius 2 is 2.11 bits per heavy atom. The van der Waals surface area contributed by atoms with Gasteiger partial charge < -0.3 is 15.0 Å². The molecule has 0 spiro atoms. The van der Waals surface area contributed by atoms with E-state index in [9.17, 15) is 0 Å². The molecule has 0 aliphatic rings. The zero-order valence-corrected chi connectivity index (χ0v) is 20.4. The number of aliphatic imine (C=N–C) groups is 1. The number of ether oxygens (including phenoxy) is 1. The summed E-state index contributed by atoms with van der Waals surface area (Å²) in [6.45, 7) is 9.72. The van der Waals surface area contributed by atoms with Crippen molar-refractivity contribution in [1.82, 2.24) is 20.0 Å². The molecule has 0 aliphatic heterocycles. The minimum Gasteiger partial charge on any atom is -0.383 e. The molecule has 1 heterocycles. The number of halogens is 2. The summed E-state index contributed by atoms with van der Waals surface area (Å²) in [6, 6.07) is 7.91. The van der Waals surface area contributed by atoms with Gasteiger partial charge in [0.25, 0.3) is 0 Å². The van der Waals surface area contributed by atoms with E-state index < -0.39 is 0 Å². The summed E-state index contributed by atoms with van der Waals surface area (Å²) in [5.74, 6) is 0.862. The van der Waals surface area contributed by atoms with Crippen molar-refractivity contribution in [2.45, 2.75) is 40.4 Å². The fraction of sp³-hybridized carbons (Fsp3) is 0.500. The van der Waals surface area contributed by atoms with Crippen LogP contribution in [0.25, 0.3) is 0 Å². The number of nitrogens with one attached hydrogen (secondary N) is 1. The first-order valence-electron chi connectivity index (χ1n) is 9.22. The normalized spacial score (nSPS) is 11.3. The van der Waals surface area contributed by atoms with E-state index in [0.717, 1.165) is 53.1 Å². The van der Waals surface area contributed by atoms with Crippen molar-refractivity contribution < 1.29 is 4.74 Å². The van der Waals surface area contributed by atoms with Crippen molar-refractivity contribution in [2.24, 2.45) is 4.99 Å². The van der Waals surface area contributed by atoms with Gasteiger partial charge in [0.1, 0.15) is 0 Å². The number of benzene rings is 1. The molecule has 1 N–H and O–H groups in total. The first-order chi connectivity index (χ1) is 13.0. The molecule has 156 valence electrons. The molecule has 0 bridgehead atoms. The fourth-order valence-corrected chi connectivity index (χ4v) is 3.18. The van der Waals surface area contributed by atoms with E-state index in [0.29, 0.717) is 13.2 Å². The van der Waals surface area contributed by atoms with Crippen molar-refractivity contribution in [1.29, 1.82) is 0 Å². The van der Waals surface area contributed by atoms with Gasteiger partial charge in [-0.1, -0.05) is 23.7 Å². The average molecular weight is 520 g/mol. The molecule has 6 nitrogen and oxygen atoms in total. The third kappa shape index (κ3) is 6.93. The van der Waals surface area contributed by atoms with Gasteiger partial charge in [-0.25, -0.2) is 4.99 Å². The fourth-order valence-electron chi connectivity index (χ4n) is 2.97. The highest BCUT2D eigenvalue weighted by Gasteiger charge is 2.12. The Hall–Kier alpha value is -1.32. The van der Waals surface area contributed by atoms with E-state index in [1.165, 1.54) is 0 Å². The zero-order chi connectivity index (χ0) is 19.8. The quantitative estimate of drug-likeness (QED) is 0.325. The maximum atomic E-state index is 6.10. The van der Waals surface area contributed by atoms with E-state index in [1.54, 1.807) is 7.11 Å². The summed E-state index contributed by atoms with van der Waals surface area (Å²) < 4.78 is 7.15. The molecule has 0 unspecified atom stereocenters. The molecule has 8 heteroatoms. The number of hydrogen-bond acceptors (Lipinski definition) is 3.